The Morgan fingerprint density at radius 2 is 1.88 bits per heavy atom. The van der Waals surface area contributed by atoms with E-state index < -0.39 is 29.7 Å². The lowest BCUT2D eigenvalue weighted by atomic mass is 10.1. The van der Waals surface area contributed by atoms with Crippen molar-refractivity contribution in [3.8, 4) is 16.9 Å². The topological polar surface area (TPSA) is 82.8 Å². The second-order valence-electron chi connectivity index (χ2n) is 5.38. The number of hydrogen-bond acceptors (Lipinski definition) is 6. The highest BCUT2D eigenvalue weighted by molar-refractivity contribution is 7.99. The van der Waals surface area contributed by atoms with Crippen molar-refractivity contribution in [2.24, 2.45) is 0 Å². The summed E-state index contributed by atoms with van der Waals surface area (Å²) in [5.41, 5.74) is 0.644. The molecule has 1 aromatic carbocycles. The summed E-state index contributed by atoms with van der Waals surface area (Å²) >= 11 is 7.33. The Morgan fingerprint density at radius 3 is 2.58 bits per heavy atom. The molecule has 0 spiro atoms. The van der Waals surface area contributed by atoms with E-state index in [0.717, 1.165) is 5.56 Å². The molecule has 3 N–H and O–H groups in total. The molecule has 1 saturated heterocycles. The maximum absolute atomic E-state index is 12.9. The second-order valence-corrected chi connectivity index (χ2v) is 6.92. The van der Waals surface area contributed by atoms with E-state index >= 15 is 0 Å². The standard InChI is InChI=1S/C16H15ClFNO4S/c17-10-3-1-8(9-2-4-13(18)19-6-9)5-12(10)23-16-15(22)14(21)11(20)7-24-16/h1-6,11,14-16,20-22H,7H2/t11-,14+,15-,16+/m1/s1. The molecule has 2 aromatic rings. The summed E-state index contributed by atoms with van der Waals surface area (Å²) in [4.78, 5) is 3.61. The van der Waals surface area contributed by atoms with Crippen molar-refractivity contribution in [2.75, 3.05) is 5.75 Å². The molecule has 4 atom stereocenters. The molecule has 0 bridgehead atoms. The van der Waals surface area contributed by atoms with Gasteiger partial charge in [0.1, 0.15) is 18.0 Å². The van der Waals surface area contributed by atoms with Gasteiger partial charge in [0.15, 0.2) is 5.44 Å². The Bertz CT molecular complexity index is 718. The zero-order valence-electron chi connectivity index (χ0n) is 12.3. The molecule has 0 radical (unpaired) electrons. The quantitative estimate of drug-likeness (QED) is 0.716. The molecule has 128 valence electrons. The molecule has 24 heavy (non-hydrogen) atoms. The van der Waals surface area contributed by atoms with Crippen LogP contribution in [0.4, 0.5) is 4.39 Å². The number of benzene rings is 1. The predicted molar refractivity (Wildman–Crippen MR) is 89.5 cm³/mol. The van der Waals surface area contributed by atoms with Crippen LogP contribution in [0.3, 0.4) is 0 Å². The third-order valence-electron chi connectivity index (χ3n) is 3.69. The van der Waals surface area contributed by atoms with Gasteiger partial charge in [0.05, 0.1) is 11.1 Å². The van der Waals surface area contributed by atoms with Gasteiger partial charge in [-0.15, -0.1) is 11.8 Å². The summed E-state index contributed by atoms with van der Waals surface area (Å²) in [6, 6.07) is 7.86. The van der Waals surface area contributed by atoms with E-state index in [1.165, 1.54) is 24.0 Å². The molecule has 5 nitrogen and oxygen atoms in total. The summed E-state index contributed by atoms with van der Waals surface area (Å²) in [7, 11) is 0. The summed E-state index contributed by atoms with van der Waals surface area (Å²) in [6.07, 6.45) is -2.13. The monoisotopic (exact) mass is 371 g/mol. The number of thioether (sulfide) groups is 1. The van der Waals surface area contributed by atoms with Gasteiger partial charge < -0.3 is 20.1 Å². The minimum atomic E-state index is -1.28. The number of rotatable bonds is 3. The van der Waals surface area contributed by atoms with Crippen molar-refractivity contribution < 1.29 is 24.4 Å². The largest absolute Gasteiger partial charge is 0.475 e. The first-order chi connectivity index (χ1) is 11.5. The van der Waals surface area contributed by atoms with Crippen molar-refractivity contribution in [3.63, 3.8) is 0 Å². The summed E-state index contributed by atoms with van der Waals surface area (Å²) in [6.45, 7) is 0. The van der Waals surface area contributed by atoms with Gasteiger partial charge in [-0.2, -0.15) is 4.39 Å². The normalized spacial score (nSPS) is 27.0. The van der Waals surface area contributed by atoms with Crippen molar-refractivity contribution in [2.45, 2.75) is 23.7 Å². The van der Waals surface area contributed by atoms with Crippen LogP contribution in [0.5, 0.6) is 5.75 Å². The Balaban J connectivity index is 1.83. The van der Waals surface area contributed by atoms with Crippen LogP contribution in [0.15, 0.2) is 36.5 Å². The molecule has 1 aliphatic heterocycles. The fourth-order valence-electron chi connectivity index (χ4n) is 2.33. The van der Waals surface area contributed by atoms with Crippen LogP contribution in [-0.2, 0) is 0 Å². The van der Waals surface area contributed by atoms with E-state index in [0.29, 0.717) is 16.3 Å². The van der Waals surface area contributed by atoms with Crippen LogP contribution >= 0.6 is 23.4 Å². The number of nitrogens with zero attached hydrogens (tertiary/aromatic N) is 1. The predicted octanol–water partition coefficient (Wildman–Crippen LogP) is 2.08. The number of aromatic nitrogens is 1. The number of aliphatic hydroxyl groups excluding tert-OH is 3. The highest BCUT2D eigenvalue weighted by atomic mass is 35.5. The van der Waals surface area contributed by atoms with E-state index in [4.69, 9.17) is 16.3 Å². The van der Waals surface area contributed by atoms with Gasteiger partial charge in [0.2, 0.25) is 5.95 Å². The number of pyridine rings is 1. The molecule has 0 saturated carbocycles. The van der Waals surface area contributed by atoms with Crippen LogP contribution in [0.25, 0.3) is 11.1 Å². The van der Waals surface area contributed by atoms with Crippen LogP contribution in [-0.4, -0.2) is 49.8 Å². The van der Waals surface area contributed by atoms with Crippen LogP contribution in [0, 0.1) is 5.95 Å². The Labute approximate surface area is 147 Å². The lowest BCUT2D eigenvalue weighted by Crippen LogP contribution is -2.50. The summed E-state index contributed by atoms with van der Waals surface area (Å²) in [5.74, 6) is -0.0145. The summed E-state index contributed by atoms with van der Waals surface area (Å²) in [5, 5.41) is 29.7. The fraction of sp³-hybridized carbons (Fsp3) is 0.312. The molecule has 2 heterocycles. The van der Waals surface area contributed by atoms with Crippen molar-refractivity contribution >= 4 is 23.4 Å². The zero-order valence-corrected chi connectivity index (χ0v) is 13.9. The maximum Gasteiger partial charge on any atom is 0.212 e. The number of aliphatic hydroxyl groups is 3. The van der Waals surface area contributed by atoms with E-state index in [1.807, 2.05) is 0 Å². The molecule has 0 amide bonds. The van der Waals surface area contributed by atoms with Crippen LogP contribution < -0.4 is 4.74 Å². The highest BCUT2D eigenvalue weighted by Crippen LogP contribution is 2.35. The Morgan fingerprint density at radius 1 is 1.12 bits per heavy atom. The smallest absolute Gasteiger partial charge is 0.212 e. The second kappa shape index (κ2) is 7.25. The van der Waals surface area contributed by atoms with E-state index in [1.54, 1.807) is 24.3 Å². The van der Waals surface area contributed by atoms with Crippen molar-refractivity contribution in [1.29, 1.82) is 0 Å². The zero-order chi connectivity index (χ0) is 17.3. The average Bonchev–Trinajstić information content (AvgIpc) is 2.58. The van der Waals surface area contributed by atoms with Gasteiger partial charge in [-0.05, 0) is 29.8 Å². The molecular formula is C16H15ClFNO4S. The SMILES string of the molecule is O[C@@H]1[C@@H](O)[C@@H](Oc2cc(-c3ccc(F)nc3)ccc2Cl)SC[C@H]1O. The fourth-order valence-corrected chi connectivity index (χ4v) is 3.60. The van der Waals surface area contributed by atoms with Gasteiger partial charge in [0.25, 0.3) is 0 Å². The van der Waals surface area contributed by atoms with Gasteiger partial charge >= 0.3 is 0 Å². The number of hydrogen-bond donors (Lipinski definition) is 3. The van der Waals surface area contributed by atoms with Crippen molar-refractivity contribution in [3.05, 3.63) is 47.5 Å². The molecule has 0 unspecified atom stereocenters. The summed E-state index contributed by atoms with van der Waals surface area (Å²) < 4.78 is 18.7. The molecule has 0 aliphatic carbocycles. The Kier molecular flexibility index (Phi) is 5.27. The van der Waals surface area contributed by atoms with Crippen LogP contribution in [0.2, 0.25) is 5.02 Å². The number of halogens is 2. The average molecular weight is 372 g/mol. The minimum absolute atomic E-state index is 0.238. The van der Waals surface area contributed by atoms with Gasteiger partial charge in [-0.3, -0.25) is 0 Å². The lowest BCUT2D eigenvalue weighted by Gasteiger charge is -2.34. The van der Waals surface area contributed by atoms with Gasteiger partial charge in [-0.1, -0.05) is 17.7 Å². The van der Waals surface area contributed by atoms with Crippen molar-refractivity contribution in [1.82, 2.24) is 4.98 Å². The highest BCUT2D eigenvalue weighted by Gasteiger charge is 2.38. The molecule has 1 fully saturated rings. The Hall–Kier alpha value is -1.38. The van der Waals surface area contributed by atoms with E-state index in [-0.39, 0.29) is 5.75 Å². The first-order valence-electron chi connectivity index (χ1n) is 7.19. The molecule has 1 aromatic heterocycles. The van der Waals surface area contributed by atoms with Gasteiger partial charge in [0, 0.05) is 17.5 Å². The molecule has 1 aliphatic rings. The molecule has 3 rings (SSSR count). The number of ether oxygens (including phenoxy) is 1. The third kappa shape index (κ3) is 3.65. The van der Waals surface area contributed by atoms with E-state index in [2.05, 4.69) is 4.98 Å². The maximum atomic E-state index is 12.9. The first-order valence-corrected chi connectivity index (χ1v) is 8.62. The van der Waals surface area contributed by atoms with E-state index in [9.17, 15) is 19.7 Å². The molecule has 8 heteroatoms. The molecular weight excluding hydrogens is 357 g/mol. The third-order valence-corrected chi connectivity index (χ3v) is 5.24. The lowest BCUT2D eigenvalue weighted by molar-refractivity contribution is -0.0785. The first kappa shape index (κ1) is 17.4. The van der Waals surface area contributed by atoms with Gasteiger partial charge in [-0.25, -0.2) is 4.98 Å². The van der Waals surface area contributed by atoms with Crippen LogP contribution in [0.1, 0.15) is 0 Å². The minimum Gasteiger partial charge on any atom is -0.475 e.